The average Bonchev–Trinajstić information content (AvgIpc) is 2.28. The number of hydrogen-bond acceptors (Lipinski definition) is 1. The average molecular weight is 197 g/mol. The predicted molar refractivity (Wildman–Crippen MR) is 63.5 cm³/mol. The van der Waals surface area contributed by atoms with Crippen LogP contribution < -0.4 is 0 Å². The molecule has 0 radical (unpaired) electrons. The molecule has 14 heavy (non-hydrogen) atoms. The summed E-state index contributed by atoms with van der Waals surface area (Å²) in [4.78, 5) is 2.63. The van der Waals surface area contributed by atoms with Crippen molar-refractivity contribution in [1.82, 2.24) is 4.90 Å². The van der Waals surface area contributed by atoms with E-state index >= 15 is 0 Å². The van der Waals surface area contributed by atoms with Crippen LogP contribution in [0.3, 0.4) is 0 Å². The molecule has 1 rings (SSSR count). The van der Waals surface area contributed by atoms with Gasteiger partial charge in [0.2, 0.25) is 0 Å². The zero-order valence-electron chi connectivity index (χ0n) is 10.6. The molecular formula is C13H27N. The first-order valence-electron chi connectivity index (χ1n) is 6.20. The molecule has 1 aliphatic rings. The zero-order chi connectivity index (χ0) is 10.8. The third kappa shape index (κ3) is 2.73. The minimum atomic E-state index is 0.587. The van der Waals surface area contributed by atoms with E-state index in [9.17, 15) is 0 Å². The summed E-state index contributed by atoms with van der Waals surface area (Å²) in [5, 5.41) is 0. The molecule has 84 valence electrons. The Balaban J connectivity index is 2.56. The van der Waals surface area contributed by atoms with Crippen LogP contribution in [0.4, 0.5) is 0 Å². The lowest BCUT2D eigenvalue weighted by Crippen LogP contribution is -2.33. The summed E-state index contributed by atoms with van der Waals surface area (Å²) in [5.74, 6) is 0.828. The van der Waals surface area contributed by atoms with E-state index in [-0.39, 0.29) is 0 Å². The van der Waals surface area contributed by atoms with Crippen LogP contribution in [0.15, 0.2) is 0 Å². The van der Waals surface area contributed by atoms with Crippen molar-refractivity contribution in [3.8, 4) is 0 Å². The Hall–Kier alpha value is -0.0400. The van der Waals surface area contributed by atoms with Crippen molar-refractivity contribution in [2.45, 2.75) is 59.9 Å². The van der Waals surface area contributed by atoms with Gasteiger partial charge in [-0.25, -0.2) is 0 Å². The Morgan fingerprint density at radius 3 is 2.14 bits per heavy atom. The van der Waals surface area contributed by atoms with Gasteiger partial charge in [-0.2, -0.15) is 0 Å². The normalized spacial score (nSPS) is 31.1. The number of rotatable bonds is 2. The lowest BCUT2D eigenvalue weighted by Gasteiger charge is -2.33. The summed E-state index contributed by atoms with van der Waals surface area (Å²) < 4.78 is 0. The molecule has 1 heterocycles. The van der Waals surface area contributed by atoms with Crippen LogP contribution >= 0.6 is 0 Å². The van der Waals surface area contributed by atoms with Crippen molar-refractivity contribution < 1.29 is 0 Å². The fourth-order valence-corrected chi connectivity index (χ4v) is 2.42. The minimum absolute atomic E-state index is 0.587. The van der Waals surface area contributed by atoms with Crippen LogP contribution in [-0.4, -0.2) is 24.0 Å². The van der Waals surface area contributed by atoms with Crippen LogP contribution in [0.5, 0.6) is 0 Å². The molecule has 0 spiro atoms. The third-order valence-electron chi connectivity index (χ3n) is 4.29. The fourth-order valence-electron chi connectivity index (χ4n) is 2.42. The summed E-state index contributed by atoms with van der Waals surface area (Å²) in [6, 6.07) is 0.726. The van der Waals surface area contributed by atoms with Gasteiger partial charge in [0.1, 0.15) is 0 Å². The minimum Gasteiger partial charge on any atom is -0.301 e. The maximum atomic E-state index is 2.63. The second-order valence-electron chi connectivity index (χ2n) is 5.79. The van der Waals surface area contributed by atoms with Gasteiger partial charge in [0.25, 0.3) is 0 Å². The van der Waals surface area contributed by atoms with Crippen LogP contribution in [0.1, 0.15) is 53.9 Å². The van der Waals surface area contributed by atoms with Crippen LogP contribution in [0.25, 0.3) is 0 Å². The zero-order valence-corrected chi connectivity index (χ0v) is 10.6. The van der Waals surface area contributed by atoms with Crippen molar-refractivity contribution in [2.75, 3.05) is 13.1 Å². The highest BCUT2D eigenvalue weighted by molar-refractivity contribution is 4.83. The molecule has 1 heteroatoms. The Morgan fingerprint density at radius 2 is 1.64 bits per heavy atom. The highest BCUT2D eigenvalue weighted by atomic mass is 15.1. The van der Waals surface area contributed by atoms with Gasteiger partial charge in [0.15, 0.2) is 0 Å². The summed E-state index contributed by atoms with van der Waals surface area (Å²) >= 11 is 0. The molecule has 0 aromatic carbocycles. The van der Waals surface area contributed by atoms with Crippen molar-refractivity contribution in [3.63, 3.8) is 0 Å². The standard InChI is InChI=1S/C13H27N/c1-11(2)13(5)7-6-9-14(10-8-13)12(3)4/h11-12H,6-10H2,1-5H3. The van der Waals surface area contributed by atoms with E-state index in [4.69, 9.17) is 0 Å². The van der Waals surface area contributed by atoms with E-state index in [1.165, 1.54) is 32.4 Å². The molecule has 1 atom stereocenters. The lowest BCUT2D eigenvalue weighted by atomic mass is 9.73. The fraction of sp³-hybridized carbons (Fsp3) is 1.00. The van der Waals surface area contributed by atoms with Gasteiger partial charge in [-0.15, -0.1) is 0 Å². The predicted octanol–water partition coefficient (Wildman–Crippen LogP) is 3.54. The molecule has 0 N–H and O–H groups in total. The Kier molecular flexibility index (Phi) is 4.00. The molecule has 0 bridgehead atoms. The molecule has 1 nitrogen and oxygen atoms in total. The van der Waals surface area contributed by atoms with Crippen molar-refractivity contribution in [1.29, 1.82) is 0 Å². The number of likely N-dealkylation sites (tertiary alicyclic amines) is 1. The van der Waals surface area contributed by atoms with Crippen molar-refractivity contribution >= 4 is 0 Å². The molecule has 0 saturated carbocycles. The molecule has 1 saturated heterocycles. The van der Waals surface area contributed by atoms with Gasteiger partial charge >= 0.3 is 0 Å². The summed E-state index contributed by atoms with van der Waals surface area (Å²) in [6.07, 6.45) is 4.17. The van der Waals surface area contributed by atoms with Crippen LogP contribution in [0.2, 0.25) is 0 Å². The van der Waals surface area contributed by atoms with Crippen molar-refractivity contribution in [3.05, 3.63) is 0 Å². The van der Waals surface area contributed by atoms with Gasteiger partial charge in [0.05, 0.1) is 0 Å². The Bertz CT molecular complexity index is 174. The van der Waals surface area contributed by atoms with Gasteiger partial charge in [0, 0.05) is 6.04 Å². The van der Waals surface area contributed by atoms with Gasteiger partial charge in [-0.05, 0) is 57.5 Å². The Morgan fingerprint density at radius 1 is 1.00 bits per heavy atom. The SMILES string of the molecule is CC(C)N1CCCC(C)(C(C)C)CC1. The summed E-state index contributed by atoms with van der Waals surface area (Å²) in [6.45, 7) is 14.5. The van der Waals surface area contributed by atoms with Gasteiger partial charge < -0.3 is 4.90 Å². The second-order valence-corrected chi connectivity index (χ2v) is 5.79. The van der Waals surface area contributed by atoms with Crippen molar-refractivity contribution in [2.24, 2.45) is 11.3 Å². The van der Waals surface area contributed by atoms with Gasteiger partial charge in [-0.3, -0.25) is 0 Å². The molecule has 1 fully saturated rings. The van der Waals surface area contributed by atoms with Gasteiger partial charge in [-0.1, -0.05) is 20.8 Å². The first-order valence-corrected chi connectivity index (χ1v) is 6.20. The smallest absolute Gasteiger partial charge is 0.00385 e. The second kappa shape index (κ2) is 4.65. The molecule has 1 aliphatic heterocycles. The third-order valence-corrected chi connectivity index (χ3v) is 4.29. The molecule has 0 aliphatic carbocycles. The Labute approximate surface area is 89.9 Å². The van der Waals surface area contributed by atoms with E-state index < -0.39 is 0 Å². The monoisotopic (exact) mass is 197 g/mol. The highest BCUT2D eigenvalue weighted by Gasteiger charge is 2.31. The molecule has 0 aromatic heterocycles. The number of hydrogen-bond donors (Lipinski definition) is 0. The molecule has 1 unspecified atom stereocenters. The van der Waals surface area contributed by atoms with E-state index in [0.29, 0.717) is 5.41 Å². The number of nitrogens with zero attached hydrogens (tertiary/aromatic N) is 1. The summed E-state index contributed by atoms with van der Waals surface area (Å²) in [5.41, 5.74) is 0.587. The first-order chi connectivity index (χ1) is 6.46. The van der Waals surface area contributed by atoms with E-state index in [0.717, 1.165) is 12.0 Å². The van der Waals surface area contributed by atoms with Crippen LogP contribution in [-0.2, 0) is 0 Å². The molecular weight excluding hydrogens is 170 g/mol. The maximum Gasteiger partial charge on any atom is 0.00385 e. The quantitative estimate of drug-likeness (QED) is 0.654. The van der Waals surface area contributed by atoms with E-state index in [2.05, 4.69) is 39.5 Å². The molecule has 0 amide bonds. The highest BCUT2D eigenvalue weighted by Crippen LogP contribution is 2.38. The van der Waals surface area contributed by atoms with E-state index in [1.54, 1.807) is 0 Å². The topological polar surface area (TPSA) is 3.24 Å². The molecule has 0 aromatic rings. The lowest BCUT2D eigenvalue weighted by molar-refractivity contribution is 0.171. The summed E-state index contributed by atoms with van der Waals surface area (Å²) in [7, 11) is 0. The maximum absolute atomic E-state index is 2.63. The first kappa shape index (κ1) is 12.0. The van der Waals surface area contributed by atoms with E-state index in [1.807, 2.05) is 0 Å². The largest absolute Gasteiger partial charge is 0.301 e. The van der Waals surface area contributed by atoms with Crippen LogP contribution in [0, 0.1) is 11.3 Å².